The first-order valence-electron chi connectivity index (χ1n) is 14.0. The van der Waals surface area contributed by atoms with Crippen LogP contribution in [0.3, 0.4) is 0 Å². The molecule has 0 amide bonds. The van der Waals surface area contributed by atoms with Crippen LogP contribution in [-0.4, -0.2) is 11.0 Å². The van der Waals surface area contributed by atoms with Gasteiger partial charge in [-0.2, -0.15) is 15.4 Å². The summed E-state index contributed by atoms with van der Waals surface area (Å²) in [5, 5.41) is -0.0432. The zero-order valence-corrected chi connectivity index (χ0v) is 25.0. The van der Waals surface area contributed by atoms with Crippen molar-refractivity contribution in [2.24, 2.45) is 0 Å². The van der Waals surface area contributed by atoms with Crippen molar-refractivity contribution in [3.05, 3.63) is 145 Å². The van der Waals surface area contributed by atoms with Gasteiger partial charge in [0.2, 0.25) is 0 Å². The van der Waals surface area contributed by atoms with E-state index in [2.05, 4.69) is 42.3 Å². The fourth-order valence-electron chi connectivity index (χ4n) is 6.38. The van der Waals surface area contributed by atoms with E-state index in [1.54, 1.807) is 0 Å². The fourth-order valence-corrected chi connectivity index (χ4v) is 16.9. The van der Waals surface area contributed by atoms with Crippen LogP contribution in [0, 0.1) is 36.6 Å². The Morgan fingerprint density at radius 3 is 1.56 bits per heavy atom. The molecule has 4 aromatic carbocycles. The molecule has 7 heteroatoms. The fraction of sp³-hybridized carbons (Fsp3) is 0.235. The standard InChI is InChI=1S/C34H35F4NP2/c1-4-5-24-39(41(3,31-20-12-18-27(35)33(31)37)32-21-13-19-28(36)34(32)38)40(2)29(25-14-8-6-9-15-25)22-23-30(40)26-16-10-7-11-17-26/h6-21,29-30H,2-5,22-24H2,1H3/t29-,30-/m0/s1. The van der Waals surface area contributed by atoms with Crippen molar-refractivity contribution in [1.82, 2.24) is 4.44 Å². The van der Waals surface area contributed by atoms with E-state index >= 15 is 8.78 Å². The van der Waals surface area contributed by atoms with E-state index in [1.165, 1.54) is 24.3 Å². The van der Waals surface area contributed by atoms with Crippen molar-refractivity contribution in [3.8, 4) is 0 Å². The number of rotatable bonds is 9. The minimum Gasteiger partial charge on any atom is -0.204 e. The van der Waals surface area contributed by atoms with Gasteiger partial charge in [0.25, 0.3) is 0 Å². The molecule has 0 unspecified atom stereocenters. The second-order valence-corrected chi connectivity index (χ2v) is 17.5. The van der Waals surface area contributed by atoms with Crippen LogP contribution >= 0.6 is 14.8 Å². The largest absolute Gasteiger partial charge is 0.204 e. The lowest BCUT2D eigenvalue weighted by Gasteiger charge is -2.51. The Morgan fingerprint density at radius 1 is 0.707 bits per heavy atom. The maximum absolute atomic E-state index is 15.9. The van der Waals surface area contributed by atoms with Crippen LogP contribution in [0.25, 0.3) is 0 Å². The van der Waals surface area contributed by atoms with Gasteiger partial charge in [0.15, 0.2) is 23.3 Å². The predicted octanol–water partition coefficient (Wildman–Crippen LogP) is 10.0. The number of hydrogen-bond donors (Lipinski definition) is 0. The van der Waals surface area contributed by atoms with Crippen LogP contribution in [0.4, 0.5) is 17.6 Å². The molecule has 0 radical (unpaired) electrons. The molecule has 1 aliphatic heterocycles. The summed E-state index contributed by atoms with van der Waals surface area (Å²) in [5.74, 6) is -4.21. The van der Waals surface area contributed by atoms with Crippen molar-refractivity contribution in [2.45, 2.75) is 43.9 Å². The highest BCUT2D eigenvalue weighted by Gasteiger charge is 2.61. The molecular weight excluding hydrogens is 560 g/mol. The van der Waals surface area contributed by atoms with Crippen LogP contribution in [0.15, 0.2) is 97.1 Å². The summed E-state index contributed by atoms with van der Waals surface area (Å²) in [4.78, 5) is 0. The van der Waals surface area contributed by atoms with E-state index in [4.69, 9.17) is 6.66 Å². The summed E-state index contributed by atoms with van der Waals surface area (Å²) in [6.45, 7) is 12.2. The first-order chi connectivity index (χ1) is 19.7. The van der Waals surface area contributed by atoms with Crippen LogP contribution < -0.4 is 10.6 Å². The van der Waals surface area contributed by atoms with E-state index in [0.717, 1.165) is 42.5 Å². The summed E-state index contributed by atoms with van der Waals surface area (Å²) in [6, 6.07) is 28.2. The van der Waals surface area contributed by atoms with Crippen LogP contribution in [-0.2, 0) is 0 Å². The Bertz CT molecular complexity index is 1380. The van der Waals surface area contributed by atoms with Crippen molar-refractivity contribution in [2.75, 3.05) is 6.54 Å². The molecule has 1 aliphatic rings. The van der Waals surface area contributed by atoms with Gasteiger partial charge in [-0.1, -0.05) is 86.1 Å². The van der Waals surface area contributed by atoms with Crippen molar-refractivity contribution in [1.29, 1.82) is 0 Å². The van der Waals surface area contributed by atoms with Crippen molar-refractivity contribution < 1.29 is 17.6 Å². The summed E-state index contributed by atoms with van der Waals surface area (Å²) >= 11 is 0. The summed E-state index contributed by atoms with van der Waals surface area (Å²) < 4.78 is 63.8. The third-order valence-electron chi connectivity index (χ3n) is 8.36. The minimum atomic E-state index is -3.53. The molecular formula is C34H35F4NP2. The van der Waals surface area contributed by atoms with Crippen LogP contribution in [0.1, 0.15) is 55.1 Å². The molecule has 0 N–H and O–H groups in total. The third kappa shape index (κ3) is 5.27. The van der Waals surface area contributed by atoms with Gasteiger partial charge in [-0.15, -0.1) is 11.1 Å². The Hall–Kier alpha value is -2.58. The summed E-state index contributed by atoms with van der Waals surface area (Å²) in [7, 11) is -6.19. The van der Waals surface area contributed by atoms with E-state index in [0.29, 0.717) is 13.0 Å². The Morgan fingerprint density at radius 2 is 1.15 bits per heavy atom. The molecule has 41 heavy (non-hydrogen) atoms. The summed E-state index contributed by atoms with van der Waals surface area (Å²) in [6.07, 6.45) is 3.20. The molecule has 0 aliphatic carbocycles. The monoisotopic (exact) mass is 595 g/mol. The van der Waals surface area contributed by atoms with Gasteiger partial charge in [-0.25, -0.2) is 8.78 Å². The van der Waals surface area contributed by atoms with Crippen molar-refractivity contribution >= 4 is 25.4 Å². The molecule has 0 spiro atoms. The Labute approximate surface area is 242 Å². The normalized spacial score (nSPS) is 18.6. The van der Waals surface area contributed by atoms with Gasteiger partial charge in [0, 0.05) is 7.41 Å². The maximum Gasteiger partial charge on any atom is 0.200 e. The minimum absolute atomic E-state index is 0.0138. The first-order valence-corrected chi connectivity index (χ1v) is 18.0. The van der Waals surface area contributed by atoms with Gasteiger partial charge in [0.05, 0.1) is 25.3 Å². The topological polar surface area (TPSA) is 3.24 Å². The number of benzene rings is 4. The van der Waals surface area contributed by atoms with Crippen LogP contribution in [0.5, 0.6) is 0 Å². The van der Waals surface area contributed by atoms with Gasteiger partial charge < -0.3 is 0 Å². The zero-order valence-electron chi connectivity index (χ0n) is 23.2. The van der Waals surface area contributed by atoms with Gasteiger partial charge >= 0.3 is 0 Å². The predicted molar refractivity (Wildman–Crippen MR) is 166 cm³/mol. The first kappa shape index (κ1) is 29.9. The lowest BCUT2D eigenvalue weighted by atomic mass is 10.0. The molecule has 1 saturated heterocycles. The molecule has 1 fully saturated rings. The van der Waals surface area contributed by atoms with E-state index < -0.39 is 38.1 Å². The Kier molecular flexibility index (Phi) is 9.00. The Balaban J connectivity index is 1.85. The second-order valence-electron chi connectivity index (χ2n) is 10.7. The molecule has 214 valence electrons. The maximum atomic E-state index is 15.9. The van der Waals surface area contributed by atoms with Gasteiger partial charge in [-0.05, 0) is 54.7 Å². The van der Waals surface area contributed by atoms with Gasteiger partial charge in [-0.3, -0.25) is 0 Å². The summed E-state index contributed by atoms with van der Waals surface area (Å²) in [5.41, 5.74) is 2.20. The SMILES string of the molecule is [CH2-][P+](c1cccc(F)c1F)(c1cccc(F)c1F)N(CCCC)[P+]1([CH2-])[C@H](c2ccccc2)CC[C@H]1c1ccccc1. The van der Waals surface area contributed by atoms with Crippen LogP contribution in [0.2, 0.25) is 0 Å². The molecule has 1 heterocycles. The third-order valence-corrected chi connectivity index (χ3v) is 17.9. The highest BCUT2D eigenvalue weighted by Crippen LogP contribution is 2.91. The molecule has 2 atom stereocenters. The smallest absolute Gasteiger partial charge is 0.200 e. The number of hydrogen-bond acceptors (Lipinski definition) is 1. The van der Waals surface area contributed by atoms with Gasteiger partial charge in [0.1, 0.15) is 10.6 Å². The number of halogens is 4. The average molecular weight is 596 g/mol. The molecule has 5 rings (SSSR count). The molecule has 0 saturated carbocycles. The molecule has 0 aromatic heterocycles. The number of nitrogens with zero attached hydrogens (tertiary/aromatic N) is 1. The number of unbranched alkanes of at least 4 members (excludes halogenated alkanes) is 1. The van der Waals surface area contributed by atoms with E-state index in [9.17, 15) is 8.78 Å². The average Bonchev–Trinajstić information content (AvgIpc) is 3.34. The highest BCUT2D eigenvalue weighted by molar-refractivity contribution is 7.97. The molecule has 1 nitrogen and oxygen atoms in total. The second kappa shape index (κ2) is 12.3. The van der Waals surface area contributed by atoms with Crippen molar-refractivity contribution in [3.63, 3.8) is 0 Å². The highest BCUT2D eigenvalue weighted by atomic mass is 31.2. The zero-order chi connectivity index (χ0) is 29.2. The van der Waals surface area contributed by atoms with E-state index in [-0.39, 0.29) is 21.9 Å². The molecule has 0 bridgehead atoms. The lowest BCUT2D eigenvalue weighted by Crippen LogP contribution is -2.40. The van der Waals surface area contributed by atoms with E-state index in [1.807, 2.05) is 36.4 Å². The lowest BCUT2D eigenvalue weighted by molar-refractivity contribution is 0.510. The molecule has 4 aromatic rings. The quantitative estimate of drug-likeness (QED) is 0.106.